The van der Waals surface area contributed by atoms with Crippen LogP contribution in [0.1, 0.15) is 337 Å². The number of hydrogen-bond donors (Lipinski definition) is 0. The SMILES string of the molecule is CCC(C)CCCCCCCCCCCCC(=O)OC[C@@H](COC(=O)CCCCCCCCCCCCCCCC(C)C)OC(=O)CCCCCCCCCCCCCCCCCCC(C)C. The molecular weight excluding hydrogens is 829 g/mol. The number of hydrogen-bond acceptors (Lipinski definition) is 6. The van der Waals surface area contributed by atoms with Crippen LogP contribution < -0.4 is 0 Å². The zero-order valence-electron chi connectivity index (χ0n) is 46.2. The van der Waals surface area contributed by atoms with E-state index in [0.29, 0.717) is 19.3 Å². The molecule has 0 spiro atoms. The Morgan fingerprint density at radius 2 is 0.522 bits per heavy atom. The van der Waals surface area contributed by atoms with Crippen LogP contribution in [0.3, 0.4) is 0 Å². The summed E-state index contributed by atoms with van der Waals surface area (Å²) in [5.41, 5.74) is 0. The maximum atomic E-state index is 12.9. The molecule has 6 heteroatoms. The lowest BCUT2D eigenvalue weighted by Crippen LogP contribution is -2.30. The van der Waals surface area contributed by atoms with Crippen molar-refractivity contribution in [3.8, 4) is 0 Å². The van der Waals surface area contributed by atoms with Crippen LogP contribution in [0, 0.1) is 17.8 Å². The summed E-state index contributed by atoms with van der Waals surface area (Å²) in [6.07, 6.45) is 55.2. The van der Waals surface area contributed by atoms with Gasteiger partial charge in [-0.3, -0.25) is 14.4 Å². The second kappa shape index (κ2) is 52.2. The van der Waals surface area contributed by atoms with Crippen molar-refractivity contribution in [2.24, 2.45) is 17.8 Å². The molecule has 0 heterocycles. The van der Waals surface area contributed by atoms with Crippen LogP contribution in [0.15, 0.2) is 0 Å². The number of rotatable bonds is 54. The van der Waals surface area contributed by atoms with Crippen LogP contribution in [0.25, 0.3) is 0 Å². The summed E-state index contributed by atoms with van der Waals surface area (Å²) >= 11 is 0. The first-order chi connectivity index (χ1) is 32.6. The molecule has 67 heavy (non-hydrogen) atoms. The average molecular weight is 948 g/mol. The molecule has 0 aliphatic carbocycles. The van der Waals surface area contributed by atoms with Crippen LogP contribution in [0.2, 0.25) is 0 Å². The molecule has 0 amide bonds. The van der Waals surface area contributed by atoms with Gasteiger partial charge in [0.25, 0.3) is 0 Å². The van der Waals surface area contributed by atoms with Crippen LogP contribution in [0.4, 0.5) is 0 Å². The zero-order chi connectivity index (χ0) is 49.1. The van der Waals surface area contributed by atoms with Gasteiger partial charge in [-0.05, 0) is 37.0 Å². The smallest absolute Gasteiger partial charge is 0.306 e. The van der Waals surface area contributed by atoms with Crippen LogP contribution >= 0.6 is 0 Å². The third-order valence-corrected chi connectivity index (χ3v) is 14.3. The average Bonchev–Trinajstić information content (AvgIpc) is 3.30. The van der Waals surface area contributed by atoms with Gasteiger partial charge in [-0.1, -0.05) is 298 Å². The monoisotopic (exact) mass is 947 g/mol. The summed E-state index contributed by atoms with van der Waals surface area (Å²) in [5.74, 6) is 1.72. The summed E-state index contributed by atoms with van der Waals surface area (Å²) in [7, 11) is 0. The molecule has 0 aliphatic rings. The molecule has 0 bridgehead atoms. The molecule has 0 aliphatic heterocycles. The van der Waals surface area contributed by atoms with E-state index in [0.717, 1.165) is 75.5 Å². The third-order valence-electron chi connectivity index (χ3n) is 14.3. The first-order valence-corrected chi connectivity index (χ1v) is 30.1. The number of carbonyl (C=O) groups excluding carboxylic acids is 3. The van der Waals surface area contributed by atoms with Gasteiger partial charge < -0.3 is 14.2 Å². The van der Waals surface area contributed by atoms with Crippen molar-refractivity contribution in [2.45, 2.75) is 343 Å². The van der Waals surface area contributed by atoms with E-state index in [-0.39, 0.29) is 31.1 Å². The fraction of sp³-hybridized carbons (Fsp3) is 0.951. The Kier molecular flexibility index (Phi) is 51.0. The second-order valence-corrected chi connectivity index (χ2v) is 22.2. The van der Waals surface area contributed by atoms with Crippen molar-refractivity contribution in [3.05, 3.63) is 0 Å². The third kappa shape index (κ3) is 53.6. The Hall–Kier alpha value is -1.59. The van der Waals surface area contributed by atoms with Crippen LogP contribution in [0.5, 0.6) is 0 Å². The first kappa shape index (κ1) is 65.4. The van der Waals surface area contributed by atoms with Gasteiger partial charge in [0, 0.05) is 19.3 Å². The highest BCUT2D eigenvalue weighted by molar-refractivity contribution is 5.71. The predicted octanol–water partition coefficient (Wildman–Crippen LogP) is 19.9. The lowest BCUT2D eigenvalue weighted by molar-refractivity contribution is -0.167. The van der Waals surface area contributed by atoms with Crippen molar-refractivity contribution < 1.29 is 28.6 Å². The maximum absolute atomic E-state index is 12.9. The quantitative estimate of drug-likeness (QED) is 0.0343. The Labute approximate surface area is 418 Å². The molecule has 2 atom stereocenters. The van der Waals surface area contributed by atoms with E-state index in [1.807, 2.05) is 0 Å². The number of ether oxygens (including phenoxy) is 3. The molecule has 0 saturated heterocycles. The zero-order valence-corrected chi connectivity index (χ0v) is 46.2. The predicted molar refractivity (Wildman–Crippen MR) is 289 cm³/mol. The van der Waals surface area contributed by atoms with E-state index in [2.05, 4.69) is 41.5 Å². The topological polar surface area (TPSA) is 78.9 Å². The molecule has 0 aromatic heterocycles. The normalized spacial score (nSPS) is 12.5. The summed E-state index contributed by atoms with van der Waals surface area (Å²) in [4.78, 5) is 38.2. The molecule has 0 aromatic carbocycles. The lowest BCUT2D eigenvalue weighted by Gasteiger charge is -2.18. The molecule has 0 N–H and O–H groups in total. The van der Waals surface area contributed by atoms with Crippen LogP contribution in [-0.2, 0) is 28.6 Å². The fourth-order valence-electron chi connectivity index (χ4n) is 9.32. The largest absolute Gasteiger partial charge is 0.462 e. The molecular formula is C61H118O6. The van der Waals surface area contributed by atoms with E-state index < -0.39 is 6.10 Å². The highest BCUT2D eigenvalue weighted by atomic mass is 16.6. The number of carbonyl (C=O) groups is 3. The fourth-order valence-corrected chi connectivity index (χ4v) is 9.32. The molecule has 0 aromatic rings. The van der Waals surface area contributed by atoms with Gasteiger partial charge in [0.15, 0.2) is 6.10 Å². The summed E-state index contributed by atoms with van der Waals surface area (Å²) < 4.78 is 16.9. The van der Waals surface area contributed by atoms with Crippen molar-refractivity contribution in [1.29, 1.82) is 0 Å². The van der Waals surface area contributed by atoms with E-state index in [1.54, 1.807) is 0 Å². The molecule has 0 fully saturated rings. The molecule has 0 saturated carbocycles. The summed E-state index contributed by atoms with van der Waals surface area (Å²) in [5, 5.41) is 0. The highest BCUT2D eigenvalue weighted by Gasteiger charge is 2.19. The van der Waals surface area contributed by atoms with Gasteiger partial charge in [-0.2, -0.15) is 0 Å². The molecule has 1 unspecified atom stereocenters. The minimum atomic E-state index is -0.764. The van der Waals surface area contributed by atoms with E-state index in [1.165, 1.54) is 218 Å². The van der Waals surface area contributed by atoms with Gasteiger partial charge in [-0.15, -0.1) is 0 Å². The van der Waals surface area contributed by atoms with Crippen molar-refractivity contribution >= 4 is 17.9 Å². The summed E-state index contributed by atoms with van der Waals surface area (Å²) in [6.45, 7) is 13.8. The number of unbranched alkanes of at least 4 members (excludes halogenated alkanes) is 36. The van der Waals surface area contributed by atoms with E-state index in [9.17, 15) is 14.4 Å². The Morgan fingerprint density at radius 1 is 0.299 bits per heavy atom. The Bertz CT molecular complexity index is 1040. The minimum absolute atomic E-state index is 0.0633. The van der Waals surface area contributed by atoms with Gasteiger partial charge in [0.1, 0.15) is 13.2 Å². The Balaban J connectivity index is 4.30. The van der Waals surface area contributed by atoms with Crippen LogP contribution in [-0.4, -0.2) is 37.2 Å². The second-order valence-electron chi connectivity index (χ2n) is 22.2. The van der Waals surface area contributed by atoms with Crippen molar-refractivity contribution in [3.63, 3.8) is 0 Å². The van der Waals surface area contributed by atoms with E-state index >= 15 is 0 Å². The highest BCUT2D eigenvalue weighted by Crippen LogP contribution is 2.19. The molecule has 6 nitrogen and oxygen atoms in total. The van der Waals surface area contributed by atoms with Gasteiger partial charge in [0.05, 0.1) is 0 Å². The van der Waals surface area contributed by atoms with Gasteiger partial charge in [-0.25, -0.2) is 0 Å². The lowest BCUT2D eigenvalue weighted by atomic mass is 9.99. The maximum Gasteiger partial charge on any atom is 0.306 e. The van der Waals surface area contributed by atoms with Crippen molar-refractivity contribution in [1.82, 2.24) is 0 Å². The Morgan fingerprint density at radius 3 is 0.776 bits per heavy atom. The van der Waals surface area contributed by atoms with Crippen molar-refractivity contribution in [2.75, 3.05) is 13.2 Å². The van der Waals surface area contributed by atoms with Gasteiger partial charge >= 0.3 is 17.9 Å². The minimum Gasteiger partial charge on any atom is -0.462 e. The first-order valence-electron chi connectivity index (χ1n) is 30.1. The molecule has 0 radical (unpaired) electrons. The molecule has 0 rings (SSSR count). The molecule has 398 valence electrons. The standard InChI is InChI=1S/C61H118O6/c1-7-57(6)49-43-37-31-25-21-22-27-33-39-45-51-60(63)66-54-58(53-65-59(62)50-44-38-32-26-19-16-12-14-18-24-30-36-42-48-56(4)5)67-61(64)52-46-40-34-28-20-15-11-9-8-10-13-17-23-29-35-41-47-55(2)3/h55-58H,7-54H2,1-6H3/t57?,58-/m1/s1. The number of esters is 3. The summed E-state index contributed by atoms with van der Waals surface area (Å²) in [6, 6.07) is 0. The van der Waals surface area contributed by atoms with Gasteiger partial charge in [0.2, 0.25) is 0 Å². The van der Waals surface area contributed by atoms with E-state index in [4.69, 9.17) is 14.2 Å².